The number of benzene rings is 1. The van der Waals surface area contributed by atoms with Gasteiger partial charge in [0.2, 0.25) is 0 Å². The van der Waals surface area contributed by atoms with E-state index in [1.165, 1.54) is 56.9 Å². The maximum Gasteiger partial charge on any atom is 0.0561 e. The molecule has 1 aliphatic rings. The minimum absolute atomic E-state index is 0.153. The van der Waals surface area contributed by atoms with Gasteiger partial charge in [0.15, 0.2) is 0 Å². The van der Waals surface area contributed by atoms with Gasteiger partial charge in [0.25, 0.3) is 0 Å². The molecular formula is C22H37NO. The van der Waals surface area contributed by atoms with Crippen molar-refractivity contribution >= 4 is 0 Å². The molecule has 1 aliphatic carbocycles. The lowest BCUT2D eigenvalue weighted by molar-refractivity contribution is 0.100. The molecule has 2 heteroatoms. The van der Waals surface area contributed by atoms with E-state index >= 15 is 0 Å². The lowest BCUT2D eigenvalue weighted by atomic mass is 9.80. The Morgan fingerprint density at radius 2 is 1.54 bits per heavy atom. The van der Waals surface area contributed by atoms with Gasteiger partial charge in [-0.25, -0.2) is 0 Å². The molecule has 1 saturated carbocycles. The first-order chi connectivity index (χ1) is 11.8. The van der Waals surface area contributed by atoms with Gasteiger partial charge in [-0.1, -0.05) is 82.2 Å². The monoisotopic (exact) mass is 331 g/mol. The third-order valence-electron chi connectivity index (χ3n) is 5.42. The standard InChI is InChI=1S/C22H37NO/c1-2-3-4-5-6-7-8-12-15-23-21-16-20(17-22(24)18-21)19-13-10-9-11-14-19/h9-11,13-14,20-24H,2-8,12,15-18H2,1H3. The molecule has 2 N–H and O–H groups in total. The van der Waals surface area contributed by atoms with Gasteiger partial charge in [-0.2, -0.15) is 0 Å². The summed E-state index contributed by atoms with van der Waals surface area (Å²) < 4.78 is 0. The average molecular weight is 332 g/mol. The van der Waals surface area contributed by atoms with E-state index in [-0.39, 0.29) is 6.10 Å². The zero-order valence-electron chi connectivity index (χ0n) is 15.6. The van der Waals surface area contributed by atoms with Crippen LogP contribution in [0.3, 0.4) is 0 Å². The topological polar surface area (TPSA) is 32.3 Å². The molecule has 1 fully saturated rings. The predicted molar refractivity (Wildman–Crippen MR) is 103 cm³/mol. The van der Waals surface area contributed by atoms with E-state index in [1.807, 2.05) is 0 Å². The van der Waals surface area contributed by atoms with Gasteiger partial charge in [0.1, 0.15) is 0 Å². The quantitative estimate of drug-likeness (QED) is 0.531. The van der Waals surface area contributed by atoms with Gasteiger partial charge in [-0.3, -0.25) is 0 Å². The lowest BCUT2D eigenvalue weighted by Crippen LogP contribution is -2.39. The number of aliphatic hydroxyl groups excluding tert-OH is 1. The molecule has 0 heterocycles. The van der Waals surface area contributed by atoms with E-state index in [0.29, 0.717) is 12.0 Å². The first-order valence-electron chi connectivity index (χ1n) is 10.3. The van der Waals surface area contributed by atoms with Crippen LogP contribution in [0.1, 0.15) is 89.0 Å². The maximum atomic E-state index is 10.2. The highest BCUT2D eigenvalue weighted by molar-refractivity contribution is 5.20. The van der Waals surface area contributed by atoms with E-state index in [1.54, 1.807) is 0 Å². The minimum Gasteiger partial charge on any atom is -0.393 e. The van der Waals surface area contributed by atoms with Crippen molar-refractivity contribution in [3.8, 4) is 0 Å². The van der Waals surface area contributed by atoms with Crippen molar-refractivity contribution < 1.29 is 5.11 Å². The zero-order valence-corrected chi connectivity index (χ0v) is 15.6. The van der Waals surface area contributed by atoms with E-state index in [9.17, 15) is 5.11 Å². The molecular weight excluding hydrogens is 294 g/mol. The van der Waals surface area contributed by atoms with E-state index in [0.717, 1.165) is 25.8 Å². The Labute approximate surface area is 149 Å². The van der Waals surface area contributed by atoms with Gasteiger partial charge in [-0.05, 0) is 43.7 Å². The molecule has 136 valence electrons. The lowest BCUT2D eigenvalue weighted by Gasteiger charge is -2.33. The third-order valence-corrected chi connectivity index (χ3v) is 5.42. The van der Waals surface area contributed by atoms with Crippen molar-refractivity contribution in [3.05, 3.63) is 35.9 Å². The summed E-state index contributed by atoms with van der Waals surface area (Å²) >= 11 is 0. The summed E-state index contributed by atoms with van der Waals surface area (Å²) in [7, 11) is 0. The summed E-state index contributed by atoms with van der Waals surface area (Å²) in [5.74, 6) is 0.506. The number of unbranched alkanes of at least 4 members (excludes halogenated alkanes) is 7. The SMILES string of the molecule is CCCCCCCCCCNC1CC(O)CC(c2ccccc2)C1. The fourth-order valence-electron chi connectivity index (χ4n) is 4.02. The molecule has 0 radical (unpaired) electrons. The summed E-state index contributed by atoms with van der Waals surface area (Å²) in [4.78, 5) is 0. The Bertz CT molecular complexity index is 419. The molecule has 0 spiro atoms. The van der Waals surface area contributed by atoms with Crippen LogP contribution in [-0.2, 0) is 0 Å². The Hall–Kier alpha value is -0.860. The molecule has 24 heavy (non-hydrogen) atoms. The predicted octanol–water partition coefficient (Wildman–Crippen LogP) is 5.41. The molecule has 0 aromatic heterocycles. The van der Waals surface area contributed by atoms with Gasteiger partial charge in [-0.15, -0.1) is 0 Å². The second-order valence-corrected chi connectivity index (χ2v) is 7.59. The Balaban J connectivity index is 1.59. The van der Waals surface area contributed by atoms with Crippen LogP contribution < -0.4 is 5.32 Å². The van der Waals surface area contributed by atoms with Gasteiger partial charge in [0, 0.05) is 6.04 Å². The van der Waals surface area contributed by atoms with Crippen LogP contribution in [0.25, 0.3) is 0 Å². The smallest absolute Gasteiger partial charge is 0.0561 e. The van der Waals surface area contributed by atoms with Crippen molar-refractivity contribution in [2.75, 3.05) is 6.54 Å². The average Bonchev–Trinajstić information content (AvgIpc) is 2.60. The normalized spacial score (nSPS) is 24.2. The second-order valence-electron chi connectivity index (χ2n) is 7.59. The van der Waals surface area contributed by atoms with E-state index in [4.69, 9.17) is 0 Å². The van der Waals surface area contributed by atoms with Gasteiger partial charge in [0.05, 0.1) is 6.10 Å². The molecule has 2 rings (SSSR count). The molecule has 0 bridgehead atoms. The third kappa shape index (κ3) is 7.36. The van der Waals surface area contributed by atoms with Crippen LogP contribution in [0.5, 0.6) is 0 Å². The summed E-state index contributed by atoms with van der Waals surface area (Å²) in [6.07, 6.45) is 13.8. The van der Waals surface area contributed by atoms with Crippen molar-refractivity contribution in [3.63, 3.8) is 0 Å². The molecule has 3 atom stereocenters. The van der Waals surface area contributed by atoms with E-state index < -0.39 is 0 Å². The Kier molecular flexibility index (Phi) is 9.45. The number of nitrogens with one attached hydrogen (secondary N) is 1. The fraction of sp³-hybridized carbons (Fsp3) is 0.727. The largest absolute Gasteiger partial charge is 0.393 e. The number of aliphatic hydroxyl groups is 1. The maximum absolute atomic E-state index is 10.2. The summed E-state index contributed by atoms with van der Waals surface area (Å²) in [6, 6.07) is 11.2. The van der Waals surface area contributed by atoms with Crippen LogP contribution in [0, 0.1) is 0 Å². The molecule has 0 amide bonds. The fourth-order valence-corrected chi connectivity index (χ4v) is 4.02. The number of hydrogen-bond donors (Lipinski definition) is 2. The van der Waals surface area contributed by atoms with Crippen molar-refractivity contribution in [2.24, 2.45) is 0 Å². The first-order valence-corrected chi connectivity index (χ1v) is 10.3. The van der Waals surface area contributed by atoms with Gasteiger partial charge >= 0.3 is 0 Å². The molecule has 0 saturated heterocycles. The zero-order chi connectivity index (χ0) is 17.0. The van der Waals surface area contributed by atoms with Crippen LogP contribution in [0.15, 0.2) is 30.3 Å². The summed E-state index contributed by atoms with van der Waals surface area (Å²) in [5, 5.41) is 13.9. The van der Waals surface area contributed by atoms with Crippen molar-refractivity contribution in [1.29, 1.82) is 0 Å². The summed E-state index contributed by atoms with van der Waals surface area (Å²) in [6.45, 7) is 3.38. The summed E-state index contributed by atoms with van der Waals surface area (Å²) in [5.41, 5.74) is 1.38. The first kappa shape index (κ1) is 19.5. The molecule has 1 aromatic rings. The minimum atomic E-state index is -0.153. The highest BCUT2D eigenvalue weighted by Gasteiger charge is 2.28. The Morgan fingerprint density at radius 1 is 0.875 bits per heavy atom. The second kappa shape index (κ2) is 11.7. The van der Waals surface area contributed by atoms with E-state index in [2.05, 4.69) is 42.6 Å². The van der Waals surface area contributed by atoms with Crippen LogP contribution in [0.4, 0.5) is 0 Å². The van der Waals surface area contributed by atoms with Crippen LogP contribution in [-0.4, -0.2) is 23.8 Å². The Morgan fingerprint density at radius 3 is 2.25 bits per heavy atom. The van der Waals surface area contributed by atoms with Crippen molar-refractivity contribution in [2.45, 2.75) is 95.6 Å². The van der Waals surface area contributed by atoms with Crippen molar-refractivity contribution in [1.82, 2.24) is 5.32 Å². The highest BCUT2D eigenvalue weighted by atomic mass is 16.3. The molecule has 0 aliphatic heterocycles. The number of hydrogen-bond acceptors (Lipinski definition) is 2. The number of rotatable bonds is 11. The highest BCUT2D eigenvalue weighted by Crippen LogP contribution is 2.33. The molecule has 1 aromatic carbocycles. The molecule has 3 unspecified atom stereocenters. The van der Waals surface area contributed by atoms with Crippen LogP contribution in [0.2, 0.25) is 0 Å². The molecule has 2 nitrogen and oxygen atoms in total. The van der Waals surface area contributed by atoms with Crippen LogP contribution >= 0.6 is 0 Å². The van der Waals surface area contributed by atoms with Gasteiger partial charge < -0.3 is 10.4 Å².